The second-order valence-electron chi connectivity index (χ2n) is 14.5. The number of unbranched alkanes of at least 4 members (excludes halogenated alkanes) is 20. The molecule has 2 N–H and O–H groups in total. The van der Waals surface area contributed by atoms with Crippen LogP contribution in [-0.4, -0.2) is 41.0 Å². The lowest BCUT2D eigenvalue weighted by Gasteiger charge is -2.18. The van der Waals surface area contributed by atoms with Gasteiger partial charge in [-0.05, 0) is 24.7 Å². The van der Waals surface area contributed by atoms with Gasteiger partial charge in [0.25, 0.3) is 0 Å². The van der Waals surface area contributed by atoms with Crippen molar-refractivity contribution < 1.29 is 37.9 Å². The predicted octanol–water partition coefficient (Wildman–Crippen LogP) is 11.8. The van der Waals surface area contributed by atoms with Crippen LogP contribution in [0.25, 0.3) is 0 Å². The van der Waals surface area contributed by atoms with Crippen LogP contribution >= 0.6 is 7.82 Å². The monoisotopic (exact) mass is 705 g/mol. The van der Waals surface area contributed by atoms with Crippen molar-refractivity contribution >= 4 is 19.8 Å². The Bertz CT molecular complexity index is 786. The standard InChI is InChI=1S/C39H77O8P/c1-5-35(3)29-25-21-17-13-11-9-7-8-10-12-14-19-23-27-31-38(40)45-33-37(34-46-48(42,43)44)47-39(41)32-28-24-20-16-15-18-22-26-30-36(4)6-2/h35-37H,5-34H2,1-4H3,(H2,42,43,44)/t35?,36?,37-/m1/s1. The van der Waals surface area contributed by atoms with E-state index in [1.807, 2.05) is 0 Å². The molecule has 0 amide bonds. The largest absolute Gasteiger partial charge is 0.469 e. The molecule has 0 aliphatic carbocycles. The fourth-order valence-corrected chi connectivity index (χ4v) is 6.27. The van der Waals surface area contributed by atoms with Crippen LogP contribution in [0.5, 0.6) is 0 Å². The number of phosphoric acid groups is 1. The van der Waals surface area contributed by atoms with Gasteiger partial charge in [-0.25, -0.2) is 4.57 Å². The minimum atomic E-state index is -4.74. The minimum absolute atomic E-state index is 0.216. The van der Waals surface area contributed by atoms with Gasteiger partial charge in [-0.2, -0.15) is 0 Å². The average molecular weight is 705 g/mol. The smallest absolute Gasteiger partial charge is 0.462 e. The van der Waals surface area contributed by atoms with Crippen LogP contribution in [0.3, 0.4) is 0 Å². The van der Waals surface area contributed by atoms with Gasteiger partial charge in [-0.3, -0.25) is 14.1 Å². The highest BCUT2D eigenvalue weighted by atomic mass is 31.2. The van der Waals surface area contributed by atoms with Gasteiger partial charge in [0, 0.05) is 12.8 Å². The molecular weight excluding hydrogens is 627 g/mol. The topological polar surface area (TPSA) is 119 Å². The average Bonchev–Trinajstić information content (AvgIpc) is 3.05. The molecule has 0 fully saturated rings. The lowest BCUT2D eigenvalue weighted by Crippen LogP contribution is -2.29. The van der Waals surface area contributed by atoms with E-state index in [2.05, 4.69) is 32.2 Å². The van der Waals surface area contributed by atoms with Crippen LogP contribution in [0.2, 0.25) is 0 Å². The van der Waals surface area contributed by atoms with Crippen LogP contribution in [0.1, 0.15) is 207 Å². The number of ether oxygens (including phenoxy) is 2. The zero-order chi connectivity index (χ0) is 35.7. The molecule has 0 aromatic rings. The summed E-state index contributed by atoms with van der Waals surface area (Å²) < 4.78 is 26.3. The molecule has 0 heterocycles. The summed E-state index contributed by atoms with van der Waals surface area (Å²) in [4.78, 5) is 42.7. The Morgan fingerprint density at radius 3 is 1.21 bits per heavy atom. The quantitative estimate of drug-likeness (QED) is 0.0376. The zero-order valence-corrected chi connectivity index (χ0v) is 32.6. The molecule has 0 saturated heterocycles. The third-order valence-corrected chi connectivity index (χ3v) is 10.2. The van der Waals surface area contributed by atoms with E-state index in [-0.39, 0.29) is 19.4 Å². The molecule has 0 rings (SSSR count). The maximum atomic E-state index is 12.4. The van der Waals surface area contributed by atoms with Crippen molar-refractivity contribution in [2.45, 2.75) is 214 Å². The normalized spacial score (nSPS) is 13.7. The van der Waals surface area contributed by atoms with Crippen molar-refractivity contribution in [3.05, 3.63) is 0 Å². The second-order valence-corrected chi connectivity index (χ2v) is 15.7. The number of carbonyl (C=O) groups is 2. The third-order valence-electron chi connectivity index (χ3n) is 9.71. The number of phosphoric ester groups is 1. The Labute approximate surface area is 295 Å². The Morgan fingerprint density at radius 1 is 0.521 bits per heavy atom. The molecule has 9 heteroatoms. The van der Waals surface area contributed by atoms with E-state index in [1.54, 1.807) is 0 Å². The van der Waals surface area contributed by atoms with E-state index in [0.717, 1.165) is 50.4 Å². The van der Waals surface area contributed by atoms with E-state index in [9.17, 15) is 14.2 Å². The molecule has 0 aromatic carbocycles. The van der Waals surface area contributed by atoms with E-state index < -0.39 is 32.5 Å². The summed E-state index contributed by atoms with van der Waals surface area (Å²) in [6, 6.07) is 0. The van der Waals surface area contributed by atoms with Crippen molar-refractivity contribution in [1.29, 1.82) is 0 Å². The van der Waals surface area contributed by atoms with Gasteiger partial charge < -0.3 is 19.3 Å². The molecule has 0 aliphatic rings. The highest BCUT2D eigenvalue weighted by Crippen LogP contribution is 2.36. The summed E-state index contributed by atoms with van der Waals surface area (Å²) in [7, 11) is -4.74. The predicted molar refractivity (Wildman–Crippen MR) is 198 cm³/mol. The van der Waals surface area contributed by atoms with Crippen LogP contribution in [-0.2, 0) is 28.2 Å². The Balaban J connectivity index is 3.88. The molecule has 0 radical (unpaired) electrons. The molecule has 0 bridgehead atoms. The van der Waals surface area contributed by atoms with E-state index in [4.69, 9.17) is 19.3 Å². The minimum Gasteiger partial charge on any atom is -0.462 e. The SMILES string of the molecule is CCC(C)CCCCCCCCCCCCCCCCC(=O)OC[C@H](COP(=O)(O)O)OC(=O)CCCCCCCCCCC(C)CC. The Kier molecular flexibility index (Phi) is 32.6. The maximum Gasteiger partial charge on any atom is 0.469 e. The number of hydrogen-bond acceptors (Lipinski definition) is 6. The van der Waals surface area contributed by atoms with Crippen molar-refractivity contribution in [1.82, 2.24) is 0 Å². The van der Waals surface area contributed by atoms with Gasteiger partial charge in [0.2, 0.25) is 0 Å². The number of carbonyl (C=O) groups excluding carboxylic acids is 2. The first-order valence-electron chi connectivity index (χ1n) is 20.1. The van der Waals surface area contributed by atoms with Gasteiger partial charge in [0.1, 0.15) is 6.61 Å². The van der Waals surface area contributed by atoms with E-state index in [0.29, 0.717) is 6.42 Å². The maximum absolute atomic E-state index is 12.4. The summed E-state index contributed by atoms with van der Waals surface area (Å²) in [5.41, 5.74) is 0. The fraction of sp³-hybridized carbons (Fsp3) is 0.949. The fourth-order valence-electron chi connectivity index (χ4n) is 5.91. The molecular formula is C39H77O8P. The van der Waals surface area contributed by atoms with Gasteiger partial charge in [0.15, 0.2) is 6.10 Å². The highest BCUT2D eigenvalue weighted by molar-refractivity contribution is 7.46. The molecule has 48 heavy (non-hydrogen) atoms. The van der Waals surface area contributed by atoms with Gasteiger partial charge in [-0.1, -0.05) is 182 Å². The van der Waals surface area contributed by atoms with E-state index in [1.165, 1.54) is 122 Å². The molecule has 0 spiro atoms. The first-order chi connectivity index (χ1) is 23.1. The first kappa shape index (κ1) is 47.0. The number of esters is 2. The molecule has 0 saturated carbocycles. The van der Waals surface area contributed by atoms with Crippen molar-refractivity contribution in [3.63, 3.8) is 0 Å². The Hall–Kier alpha value is -0.950. The van der Waals surface area contributed by atoms with Crippen LogP contribution in [0, 0.1) is 11.8 Å². The zero-order valence-electron chi connectivity index (χ0n) is 31.7. The summed E-state index contributed by atoms with van der Waals surface area (Å²) in [5, 5.41) is 0. The first-order valence-corrected chi connectivity index (χ1v) is 21.7. The highest BCUT2D eigenvalue weighted by Gasteiger charge is 2.23. The van der Waals surface area contributed by atoms with Gasteiger partial charge >= 0.3 is 19.8 Å². The van der Waals surface area contributed by atoms with Crippen molar-refractivity contribution in [3.8, 4) is 0 Å². The molecule has 3 atom stereocenters. The molecule has 0 aliphatic heterocycles. The molecule has 8 nitrogen and oxygen atoms in total. The Morgan fingerprint density at radius 2 is 0.854 bits per heavy atom. The van der Waals surface area contributed by atoms with Crippen LogP contribution < -0.4 is 0 Å². The third kappa shape index (κ3) is 34.9. The van der Waals surface area contributed by atoms with E-state index >= 15 is 0 Å². The molecule has 2 unspecified atom stereocenters. The van der Waals surface area contributed by atoms with Gasteiger partial charge in [-0.15, -0.1) is 0 Å². The number of rotatable bonds is 36. The van der Waals surface area contributed by atoms with Crippen LogP contribution in [0.15, 0.2) is 0 Å². The summed E-state index contributed by atoms with van der Waals surface area (Å²) >= 11 is 0. The van der Waals surface area contributed by atoms with Gasteiger partial charge in [0.05, 0.1) is 6.61 Å². The van der Waals surface area contributed by atoms with Crippen molar-refractivity contribution in [2.24, 2.45) is 11.8 Å². The summed E-state index contributed by atoms with van der Waals surface area (Å²) in [6.45, 7) is 8.39. The summed E-state index contributed by atoms with van der Waals surface area (Å²) in [6.07, 6.45) is 31.1. The molecule has 286 valence electrons. The second kappa shape index (κ2) is 33.2. The molecule has 0 aromatic heterocycles. The number of hydrogen-bond donors (Lipinski definition) is 2. The lowest BCUT2D eigenvalue weighted by atomic mass is 9.99. The summed E-state index contributed by atoms with van der Waals surface area (Å²) in [5.74, 6) is 0.832. The lowest BCUT2D eigenvalue weighted by molar-refractivity contribution is -0.161. The van der Waals surface area contributed by atoms with Crippen LogP contribution in [0.4, 0.5) is 0 Å². The van der Waals surface area contributed by atoms with Crippen molar-refractivity contribution in [2.75, 3.05) is 13.2 Å².